The number of hydrogen-bond donors (Lipinski definition) is 1. The molecular formula is C12H13ClN2OS. The predicted molar refractivity (Wildman–Crippen MR) is 71.7 cm³/mol. The van der Waals surface area contributed by atoms with Crippen molar-refractivity contribution >= 4 is 22.9 Å². The zero-order valence-electron chi connectivity index (χ0n) is 9.66. The van der Waals surface area contributed by atoms with E-state index in [0.29, 0.717) is 11.6 Å². The van der Waals surface area contributed by atoms with Crippen LogP contribution in [-0.2, 0) is 6.54 Å². The number of aryl methyl sites for hydroxylation is 1. The summed E-state index contributed by atoms with van der Waals surface area (Å²) in [5.41, 5.74) is 7.58. The van der Waals surface area contributed by atoms with E-state index in [0.717, 1.165) is 26.9 Å². The molecule has 1 heterocycles. The second-order valence-corrected chi connectivity index (χ2v) is 5.10. The number of halogens is 1. The lowest BCUT2D eigenvalue weighted by atomic mass is 10.2. The fourth-order valence-corrected chi connectivity index (χ4v) is 2.71. The minimum atomic E-state index is 0.513. The van der Waals surface area contributed by atoms with Gasteiger partial charge in [-0.15, -0.1) is 11.3 Å². The Kier molecular flexibility index (Phi) is 3.66. The highest BCUT2D eigenvalue weighted by Crippen LogP contribution is 2.35. The van der Waals surface area contributed by atoms with Crippen molar-refractivity contribution in [1.29, 1.82) is 0 Å². The molecule has 0 radical (unpaired) electrons. The van der Waals surface area contributed by atoms with E-state index in [2.05, 4.69) is 4.98 Å². The first kappa shape index (κ1) is 12.4. The molecule has 3 nitrogen and oxygen atoms in total. The van der Waals surface area contributed by atoms with Gasteiger partial charge in [0, 0.05) is 16.4 Å². The molecule has 5 heteroatoms. The molecular weight excluding hydrogens is 256 g/mol. The fraction of sp³-hybridized carbons (Fsp3) is 0.250. The molecule has 17 heavy (non-hydrogen) atoms. The number of thiazole rings is 1. The van der Waals surface area contributed by atoms with Gasteiger partial charge in [-0.25, -0.2) is 4.98 Å². The van der Waals surface area contributed by atoms with E-state index in [1.54, 1.807) is 24.5 Å². The Balaban J connectivity index is 2.51. The Morgan fingerprint density at radius 3 is 2.82 bits per heavy atom. The summed E-state index contributed by atoms with van der Waals surface area (Å²) >= 11 is 7.52. The van der Waals surface area contributed by atoms with Gasteiger partial charge >= 0.3 is 0 Å². The second-order valence-electron chi connectivity index (χ2n) is 3.58. The van der Waals surface area contributed by atoms with E-state index >= 15 is 0 Å². The highest BCUT2D eigenvalue weighted by atomic mass is 35.5. The van der Waals surface area contributed by atoms with Crippen LogP contribution >= 0.6 is 22.9 Å². The third-order valence-electron chi connectivity index (χ3n) is 2.47. The summed E-state index contributed by atoms with van der Waals surface area (Å²) in [6.45, 7) is 2.48. The number of nitrogens with two attached hydrogens (primary N) is 1. The summed E-state index contributed by atoms with van der Waals surface area (Å²) in [6, 6.07) is 5.54. The SMILES string of the molecule is COc1cc(Cl)ccc1-c1nc(C)c(CN)s1. The molecule has 0 fully saturated rings. The van der Waals surface area contributed by atoms with Gasteiger partial charge in [-0.05, 0) is 25.1 Å². The molecule has 1 aromatic carbocycles. The first-order chi connectivity index (χ1) is 8.15. The number of methoxy groups -OCH3 is 1. The Morgan fingerprint density at radius 1 is 1.47 bits per heavy atom. The lowest BCUT2D eigenvalue weighted by molar-refractivity contribution is 0.416. The highest BCUT2D eigenvalue weighted by molar-refractivity contribution is 7.15. The van der Waals surface area contributed by atoms with E-state index in [4.69, 9.17) is 22.1 Å². The molecule has 2 N–H and O–H groups in total. The summed E-state index contributed by atoms with van der Waals surface area (Å²) in [4.78, 5) is 5.60. The molecule has 0 saturated carbocycles. The number of benzene rings is 1. The highest BCUT2D eigenvalue weighted by Gasteiger charge is 2.12. The van der Waals surface area contributed by atoms with Crippen LogP contribution in [0.4, 0.5) is 0 Å². The molecule has 0 unspecified atom stereocenters. The van der Waals surface area contributed by atoms with E-state index in [1.165, 1.54) is 0 Å². The predicted octanol–water partition coefficient (Wildman–Crippen LogP) is 3.24. The molecule has 0 saturated heterocycles. The van der Waals surface area contributed by atoms with Crippen molar-refractivity contribution < 1.29 is 4.74 Å². The van der Waals surface area contributed by atoms with Crippen molar-refractivity contribution in [2.24, 2.45) is 5.73 Å². The molecule has 0 aliphatic heterocycles. The molecule has 0 amide bonds. The largest absolute Gasteiger partial charge is 0.496 e. The topological polar surface area (TPSA) is 48.1 Å². The summed E-state index contributed by atoms with van der Waals surface area (Å²) in [7, 11) is 1.62. The van der Waals surface area contributed by atoms with Gasteiger partial charge in [-0.3, -0.25) is 0 Å². The Labute approximate surface area is 109 Å². The monoisotopic (exact) mass is 268 g/mol. The molecule has 90 valence electrons. The lowest BCUT2D eigenvalue weighted by Gasteiger charge is -2.05. The lowest BCUT2D eigenvalue weighted by Crippen LogP contribution is -1.94. The summed E-state index contributed by atoms with van der Waals surface area (Å²) in [5.74, 6) is 0.731. The second kappa shape index (κ2) is 5.04. The van der Waals surface area contributed by atoms with Crippen molar-refractivity contribution in [3.05, 3.63) is 33.8 Å². The first-order valence-corrected chi connectivity index (χ1v) is 6.35. The normalized spacial score (nSPS) is 10.6. The van der Waals surface area contributed by atoms with Crippen LogP contribution in [-0.4, -0.2) is 12.1 Å². The molecule has 2 rings (SSSR count). The summed E-state index contributed by atoms with van der Waals surface area (Å²) in [6.07, 6.45) is 0. The van der Waals surface area contributed by atoms with Gasteiger partial charge in [0.2, 0.25) is 0 Å². The minimum Gasteiger partial charge on any atom is -0.496 e. The minimum absolute atomic E-state index is 0.513. The number of nitrogens with zero attached hydrogens (tertiary/aromatic N) is 1. The van der Waals surface area contributed by atoms with Gasteiger partial charge in [0.1, 0.15) is 10.8 Å². The van der Waals surface area contributed by atoms with E-state index in [1.807, 2.05) is 19.1 Å². The maximum absolute atomic E-state index is 5.93. The van der Waals surface area contributed by atoms with Crippen LogP contribution in [0.5, 0.6) is 5.75 Å². The zero-order chi connectivity index (χ0) is 12.4. The Bertz CT molecular complexity index is 539. The Morgan fingerprint density at radius 2 is 2.24 bits per heavy atom. The number of hydrogen-bond acceptors (Lipinski definition) is 4. The van der Waals surface area contributed by atoms with E-state index in [9.17, 15) is 0 Å². The number of ether oxygens (including phenoxy) is 1. The molecule has 0 bridgehead atoms. The van der Waals surface area contributed by atoms with Crippen LogP contribution in [0.15, 0.2) is 18.2 Å². The van der Waals surface area contributed by atoms with Crippen molar-refractivity contribution in [2.45, 2.75) is 13.5 Å². The Hall–Kier alpha value is -1.10. The standard InChI is InChI=1S/C12H13ClN2OS/c1-7-11(6-14)17-12(15-7)9-4-3-8(13)5-10(9)16-2/h3-5H,6,14H2,1-2H3. The molecule has 0 aliphatic rings. The van der Waals surface area contributed by atoms with Gasteiger partial charge in [0.05, 0.1) is 18.4 Å². The smallest absolute Gasteiger partial charge is 0.130 e. The third kappa shape index (κ3) is 2.44. The third-order valence-corrected chi connectivity index (χ3v) is 3.92. The van der Waals surface area contributed by atoms with Crippen molar-refractivity contribution in [3.8, 4) is 16.3 Å². The fourth-order valence-electron chi connectivity index (χ4n) is 1.57. The average molecular weight is 269 g/mol. The number of aromatic nitrogens is 1. The van der Waals surface area contributed by atoms with Crippen LogP contribution in [0, 0.1) is 6.92 Å². The maximum Gasteiger partial charge on any atom is 0.130 e. The van der Waals surface area contributed by atoms with Crippen LogP contribution in [0.25, 0.3) is 10.6 Å². The number of rotatable bonds is 3. The average Bonchev–Trinajstić information content (AvgIpc) is 2.70. The van der Waals surface area contributed by atoms with Crippen LogP contribution in [0.2, 0.25) is 5.02 Å². The molecule has 0 spiro atoms. The van der Waals surface area contributed by atoms with Gasteiger partial charge in [-0.2, -0.15) is 0 Å². The van der Waals surface area contributed by atoms with E-state index < -0.39 is 0 Å². The molecule has 2 aromatic rings. The van der Waals surface area contributed by atoms with Gasteiger partial charge < -0.3 is 10.5 Å². The zero-order valence-corrected chi connectivity index (χ0v) is 11.2. The maximum atomic E-state index is 5.93. The van der Waals surface area contributed by atoms with Crippen LogP contribution in [0.1, 0.15) is 10.6 Å². The first-order valence-electron chi connectivity index (χ1n) is 5.16. The van der Waals surface area contributed by atoms with Gasteiger partial charge in [-0.1, -0.05) is 11.6 Å². The molecule has 1 aromatic heterocycles. The summed E-state index contributed by atoms with van der Waals surface area (Å²) in [5, 5.41) is 1.56. The van der Waals surface area contributed by atoms with Crippen LogP contribution < -0.4 is 10.5 Å². The molecule has 0 atom stereocenters. The molecule has 0 aliphatic carbocycles. The van der Waals surface area contributed by atoms with Crippen molar-refractivity contribution in [2.75, 3.05) is 7.11 Å². The van der Waals surface area contributed by atoms with Crippen molar-refractivity contribution in [1.82, 2.24) is 4.98 Å². The quantitative estimate of drug-likeness (QED) is 0.930. The van der Waals surface area contributed by atoms with E-state index in [-0.39, 0.29) is 0 Å². The van der Waals surface area contributed by atoms with Gasteiger partial charge in [0.25, 0.3) is 0 Å². The van der Waals surface area contributed by atoms with Crippen LogP contribution in [0.3, 0.4) is 0 Å². The van der Waals surface area contributed by atoms with Gasteiger partial charge in [0.15, 0.2) is 0 Å². The summed E-state index contributed by atoms with van der Waals surface area (Å²) < 4.78 is 5.31. The van der Waals surface area contributed by atoms with Crippen molar-refractivity contribution in [3.63, 3.8) is 0 Å².